The van der Waals surface area contributed by atoms with Crippen molar-refractivity contribution in [2.75, 3.05) is 0 Å². The average Bonchev–Trinajstić information content (AvgIpc) is 1.59. The van der Waals surface area contributed by atoms with Crippen LogP contribution < -0.4 is 0 Å². The first kappa shape index (κ1) is 7.67. The molecular formula is C5H10NOSi. The van der Waals surface area contributed by atoms with Crippen molar-refractivity contribution in [2.45, 2.75) is 25.6 Å². The Bertz CT molecular complexity index is 100.0. The minimum atomic E-state index is -2.15. The second-order valence-electron chi connectivity index (χ2n) is 2.42. The van der Waals surface area contributed by atoms with E-state index in [-0.39, 0.29) is 0 Å². The first-order chi connectivity index (χ1) is 3.56. The van der Waals surface area contributed by atoms with Crippen molar-refractivity contribution in [3.63, 3.8) is 0 Å². The molecule has 0 aliphatic rings. The molecule has 0 saturated heterocycles. The van der Waals surface area contributed by atoms with Crippen LogP contribution in [0.3, 0.4) is 0 Å². The molecule has 0 saturated carbocycles. The van der Waals surface area contributed by atoms with Gasteiger partial charge >= 0.3 is 0 Å². The normalized spacial score (nSPS) is 10.8. The van der Waals surface area contributed by atoms with Gasteiger partial charge in [-0.2, -0.15) is 5.26 Å². The van der Waals surface area contributed by atoms with Crippen LogP contribution in [0, 0.1) is 11.3 Å². The van der Waals surface area contributed by atoms with Crippen molar-refractivity contribution in [3.8, 4) is 6.07 Å². The zero-order valence-electron chi connectivity index (χ0n) is 5.27. The predicted octanol–water partition coefficient (Wildman–Crippen LogP) is 1.54. The van der Waals surface area contributed by atoms with Crippen molar-refractivity contribution in [1.82, 2.24) is 0 Å². The van der Waals surface area contributed by atoms with Gasteiger partial charge in [-0.15, -0.1) is 0 Å². The quantitative estimate of drug-likeness (QED) is 0.520. The highest BCUT2D eigenvalue weighted by molar-refractivity contribution is 6.69. The molecule has 0 aromatic heterocycles. The van der Waals surface area contributed by atoms with Crippen LogP contribution in [0.5, 0.6) is 0 Å². The van der Waals surface area contributed by atoms with Crippen LogP contribution in [0.1, 0.15) is 6.42 Å². The largest absolute Gasteiger partial charge is 0.298 e. The van der Waals surface area contributed by atoms with Gasteiger partial charge in [-0.05, 0) is 19.1 Å². The second-order valence-corrected chi connectivity index (χ2v) is 6.44. The Kier molecular flexibility index (Phi) is 2.73. The third-order valence-corrected chi connectivity index (χ3v) is 2.29. The predicted molar refractivity (Wildman–Crippen MR) is 33.2 cm³/mol. The van der Waals surface area contributed by atoms with Gasteiger partial charge in [0.1, 0.15) is 0 Å². The summed E-state index contributed by atoms with van der Waals surface area (Å²) in [7, 11) is -2.15. The standard InChI is InChI=1S/C5H10NOSi/c1-8(2,7)5-3-4-6/h3,5H2,1-2H3. The molecule has 0 aromatic rings. The fourth-order valence-corrected chi connectivity index (χ4v) is 1.07. The molecule has 3 heteroatoms. The fraction of sp³-hybridized carbons (Fsp3) is 0.800. The van der Waals surface area contributed by atoms with E-state index in [1.807, 2.05) is 6.07 Å². The molecule has 0 bridgehead atoms. The maximum atomic E-state index is 10.9. The van der Waals surface area contributed by atoms with Crippen molar-refractivity contribution in [3.05, 3.63) is 0 Å². The molecule has 0 atom stereocenters. The third-order valence-electron chi connectivity index (χ3n) is 0.839. The summed E-state index contributed by atoms with van der Waals surface area (Å²) in [5.41, 5.74) is 0. The van der Waals surface area contributed by atoms with Gasteiger partial charge in [0.15, 0.2) is 0 Å². The first-order valence-corrected chi connectivity index (χ1v) is 5.75. The molecule has 1 radical (unpaired) electrons. The monoisotopic (exact) mass is 128 g/mol. The zero-order chi connectivity index (χ0) is 6.62. The Morgan fingerprint density at radius 2 is 2.12 bits per heavy atom. The van der Waals surface area contributed by atoms with Gasteiger partial charge in [0.2, 0.25) is 8.32 Å². The van der Waals surface area contributed by atoms with Gasteiger partial charge < -0.3 is 0 Å². The Hall–Kier alpha value is -0.333. The summed E-state index contributed by atoms with van der Waals surface area (Å²) in [5, 5.41) is 8.06. The lowest BCUT2D eigenvalue weighted by atomic mass is 10.6. The molecule has 45 valence electrons. The Morgan fingerprint density at radius 1 is 1.62 bits per heavy atom. The van der Waals surface area contributed by atoms with Gasteiger partial charge in [-0.3, -0.25) is 4.80 Å². The van der Waals surface area contributed by atoms with Gasteiger partial charge in [-0.25, -0.2) is 0 Å². The minimum absolute atomic E-state index is 0.433. The molecule has 0 aromatic carbocycles. The van der Waals surface area contributed by atoms with E-state index < -0.39 is 8.32 Å². The number of hydrogen-bond acceptors (Lipinski definition) is 1. The molecule has 0 aliphatic carbocycles. The van der Waals surface area contributed by atoms with Gasteiger partial charge in [0.05, 0.1) is 6.07 Å². The van der Waals surface area contributed by atoms with Gasteiger partial charge in [0.25, 0.3) is 0 Å². The molecule has 8 heavy (non-hydrogen) atoms. The summed E-state index contributed by atoms with van der Waals surface area (Å²) >= 11 is 0. The number of nitrogens with zero attached hydrogens (tertiary/aromatic N) is 1. The Morgan fingerprint density at radius 3 is 2.25 bits per heavy atom. The maximum Gasteiger partial charge on any atom is 0.232 e. The highest BCUT2D eigenvalue weighted by Gasteiger charge is 2.18. The van der Waals surface area contributed by atoms with E-state index in [0.29, 0.717) is 12.5 Å². The molecule has 0 heterocycles. The summed E-state index contributed by atoms with van der Waals surface area (Å²) in [4.78, 5) is 10.9. The Balaban J connectivity index is 3.28. The molecule has 0 rings (SSSR count). The number of rotatable bonds is 2. The van der Waals surface area contributed by atoms with Gasteiger partial charge in [-0.1, -0.05) is 0 Å². The smallest absolute Gasteiger partial charge is 0.232 e. The maximum absolute atomic E-state index is 10.9. The van der Waals surface area contributed by atoms with E-state index in [4.69, 9.17) is 5.26 Å². The minimum Gasteiger partial charge on any atom is -0.298 e. The average molecular weight is 128 g/mol. The molecule has 2 nitrogen and oxygen atoms in total. The van der Waals surface area contributed by atoms with Crippen LogP contribution >= 0.6 is 0 Å². The van der Waals surface area contributed by atoms with E-state index in [2.05, 4.69) is 0 Å². The van der Waals surface area contributed by atoms with Crippen LogP contribution in [0.25, 0.3) is 0 Å². The molecule has 0 unspecified atom stereocenters. The van der Waals surface area contributed by atoms with Crippen molar-refractivity contribution >= 4 is 8.32 Å². The summed E-state index contributed by atoms with van der Waals surface area (Å²) < 4.78 is 0. The third kappa shape index (κ3) is 5.67. The Labute approximate surface area is 50.9 Å². The summed E-state index contributed by atoms with van der Waals surface area (Å²) in [6.07, 6.45) is 0.433. The van der Waals surface area contributed by atoms with E-state index in [9.17, 15) is 4.80 Å². The summed E-state index contributed by atoms with van der Waals surface area (Å²) in [5.74, 6) is 0. The lowest BCUT2D eigenvalue weighted by molar-refractivity contribution is 0.428. The highest BCUT2D eigenvalue weighted by atomic mass is 28.4. The lowest BCUT2D eigenvalue weighted by Crippen LogP contribution is -2.21. The number of nitriles is 1. The summed E-state index contributed by atoms with van der Waals surface area (Å²) in [6, 6.07) is 2.55. The lowest BCUT2D eigenvalue weighted by Gasteiger charge is -2.05. The van der Waals surface area contributed by atoms with Gasteiger partial charge in [0, 0.05) is 6.42 Å². The van der Waals surface area contributed by atoms with Crippen LogP contribution in [0.2, 0.25) is 19.1 Å². The molecule has 0 N–H and O–H groups in total. The molecule has 0 amide bonds. The number of hydrogen-bond donors (Lipinski definition) is 0. The zero-order valence-corrected chi connectivity index (χ0v) is 6.27. The van der Waals surface area contributed by atoms with Crippen LogP contribution in [0.15, 0.2) is 0 Å². The molecule has 0 fully saturated rings. The van der Waals surface area contributed by atoms with Crippen molar-refractivity contribution < 1.29 is 4.80 Å². The van der Waals surface area contributed by atoms with Crippen LogP contribution in [-0.4, -0.2) is 8.32 Å². The molecule has 0 aliphatic heterocycles. The second kappa shape index (κ2) is 2.85. The van der Waals surface area contributed by atoms with Crippen molar-refractivity contribution in [1.29, 1.82) is 5.26 Å². The van der Waals surface area contributed by atoms with E-state index in [1.165, 1.54) is 0 Å². The highest BCUT2D eigenvalue weighted by Crippen LogP contribution is 2.06. The SMILES string of the molecule is C[Si](C)([O])CCC#N. The van der Waals surface area contributed by atoms with Crippen molar-refractivity contribution in [2.24, 2.45) is 0 Å². The van der Waals surface area contributed by atoms with E-state index >= 15 is 0 Å². The summed E-state index contributed by atoms with van der Waals surface area (Å²) in [6.45, 7) is 3.45. The van der Waals surface area contributed by atoms with E-state index in [1.54, 1.807) is 13.1 Å². The molecule has 0 spiro atoms. The topological polar surface area (TPSA) is 43.7 Å². The van der Waals surface area contributed by atoms with E-state index in [0.717, 1.165) is 0 Å². The van der Waals surface area contributed by atoms with Crippen LogP contribution in [0.4, 0.5) is 0 Å². The first-order valence-electron chi connectivity index (χ1n) is 2.63. The molecular weight excluding hydrogens is 118 g/mol. The van der Waals surface area contributed by atoms with Crippen LogP contribution in [-0.2, 0) is 4.80 Å². The fourth-order valence-electron chi connectivity index (χ4n) is 0.357.